The second-order valence-electron chi connectivity index (χ2n) is 6.44. The fraction of sp³-hybridized carbons (Fsp3) is 0.867. The van der Waals surface area contributed by atoms with Crippen LogP contribution in [0.4, 0.5) is 4.79 Å². The number of nitrogens with zero attached hydrogens (tertiary/aromatic N) is 2. The molecule has 0 aromatic rings. The Bertz CT molecular complexity index is 365. The van der Waals surface area contributed by atoms with Gasteiger partial charge in [0.15, 0.2) is 0 Å². The fourth-order valence-corrected chi connectivity index (χ4v) is 2.37. The van der Waals surface area contributed by atoms with Gasteiger partial charge < -0.3 is 14.4 Å². The number of methoxy groups -OCH3 is 1. The number of ether oxygens (including phenoxy) is 2. The van der Waals surface area contributed by atoms with Gasteiger partial charge in [0.2, 0.25) is 5.91 Å². The summed E-state index contributed by atoms with van der Waals surface area (Å²) in [4.78, 5) is 27.9. The van der Waals surface area contributed by atoms with Crippen LogP contribution in [0.1, 0.15) is 40.0 Å². The van der Waals surface area contributed by atoms with Crippen molar-refractivity contribution in [1.29, 1.82) is 0 Å². The number of amides is 2. The van der Waals surface area contributed by atoms with E-state index in [1.807, 2.05) is 20.8 Å². The Balaban J connectivity index is 2.59. The van der Waals surface area contributed by atoms with Crippen LogP contribution in [0.3, 0.4) is 0 Å². The molecule has 1 unspecified atom stereocenters. The minimum atomic E-state index is -0.544. The maximum absolute atomic E-state index is 12.5. The van der Waals surface area contributed by atoms with Gasteiger partial charge >= 0.3 is 6.09 Å². The SMILES string of the molecule is COCCCN(C)C(=O)C1CCCN1C(=O)OC(C)(C)C. The molecule has 0 N–H and O–H groups in total. The Morgan fingerprint density at radius 1 is 1.33 bits per heavy atom. The molecule has 0 aromatic heterocycles. The monoisotopic (exact) mass is 300 g/mol. The lowest BCUT2D eigenvalue weighted by molar-refractivity contribution is -0.134. The zero-order chi connectivity index (χ0) is 16.0. The van der Waals surface area contributed by atoms with Crippen LogP contribution >= 0.6 is 0 Å². The van der Waals surface area contributed by atoms with Gasteiger partial charge in [-0.25, -0.2) is 4.79 Å². The van der Waals surface area contributed by atoms with Crippen LogP contribution in [-0.2, 0) is 14.3 Å². The quantitative estimate of drug-likeness (QED) is 0.727. The smallest absolute Gasteiger partial charge is 0.410 e. The average molecular weight is 300 g/mol. The van der Waals surface area contributed by atoms with Gasteiger partial charge in [0, 0.05) is 33.9 Å². The number of likely N-dealkylation sites (N-methyl/N-ethyl adjacent to an activating group) is 1. The predicted molar refractivity (Wildman–Crippen MR) is 80.1 cm³/mol. The highest BCUT2D eigenvalue weighted by atomic mass is 16.6. The second kappa shape index (κ2) is 7.64. The van der Waals surface area contributed by atoms with Gasteiger partial charge in [-0.3, -0.25) is 9.69 Å². The van der Waals surface area contributed by atoms with Gasteiger partial charge in [0.05, 0.1) is 0 Å². The molecule has 1 aliphatic heterocycles. The lowest BCUT2D eigenvalue weighted by Crippen LogP contribution is -2.48. The summed E-state index contributed by atoms with van der Waals surface area (Å²) < 4.78 is 10.4. The molecule has 0 saturated carbocycles. The molecule has 0 spiro atoms. The third-order valence-electron chi connectivity index (χ3n) is 3.38. The van der Waals surface area contributed by atoms with E-state index in [0.29, 0.717) is 26.1 Å². The Labute approximate surface area is 127 Å². The van der Waals surface area contributed by atoms with Crippen LogP contribution in [0.2, 0.25) is 0 Å². The third-order valence-corrected chi connectivity index (χ3v) is 3.38. The van der Waals surface area contributed by atoms with Crippen LogP contribution in [-0.4, -0.2) is 67.3 Å². The molecule has 6 nitrogen and oxygen atoms in total. The number of carbonyl (C=O) groups is 2. The van der Waals surface area contributed by atoms with Crippen LogP contribution in [0.25, 0.3) is 0 Å². The van der Waals surface area contributed by atoms with Crippen molar-refractivity contribution in [3.63, 3.8) is 0 Å². The van der Waals surface area contributed by atoms with Gasteiger partial charge in [-0.1, -0.05) is 0 Å². The summed E-state index contributed by atoms with van der Waals surface area (Å²) in [5, 5.41) is 0. The Morgan fingerprint density at radius 3 is 2.57 bits per heavy atom. The first-order chi connectivity index (χ1) is 9.76. The second-order valence-corrected chi connectivity index (χ2v) is 6.44. The lowest BCUT2D eigenvalue weighted by atomic mass is 10.2. The summed E-state index contributed by atoms with van der Waals surface area (Å²) in [5.74, 6) is -0.0190. The van der Waals surface area contributed by atoms with E-state index in [9.17, 15) is 9.59 Å². The maximum atomic E-state index is 12.5. The number of rotatable bonds is 5. The molecule has 21 heavy (non-hydrogen) atoms. The number of likely N-dealkylation sites (tertiary alicyclic amines) is 1. The van der Waals surface area contributed by atoms with Crippen LogP contribution in [0.15, 0.2) is 0 Å². The number of hydrogen-bond donors (Lipinski definition) is 0. The van der Waals surface area contributed by atoms with Crippen molar-refractivity contribution >= 4 is 12.0 Å². The van der Waals surface area contributed by atoms with E-state index >= 15 is 0 Å². The molecule has 0 aromatic carbocycles. The first-order valence-electron chi connectivity index (χ1n) is 7.50. The van der Waals surface area contributed by atoms with Crippen molar-refractivity contribution in [3.05, 3.63) is 0 Å². The zero-order valence-corrected chi connectivity index (χ0v) is 13.8. The van der Waals surface area contributed by atoms with Gasteiger partial charge in [0.1, 0.15) is 11.6 Å². The molecular weight excluding hydrogens is 272 g/mol. The number of hydrogen-bond acceptors (Lipinski definition) is 4. The lowest BCUT2D eigenvalue weighted by Gasteiger charge is -2.30. The summed E-state index contributed by atoms with van der Waals surface area (Å²) >= 11 is 0. The summed E-state index contributed by atoms with van der Waals surface area (Å²) in [5.41, 5.74) is -0.544. The minimum Gasteiger partial charge on any atom is -0.444 e. The first kappa shape index (κ1) is 17.8. The van der Waals surface area contributed by atoms with Gasteiger partial charge in [-0.15, -0.1) is 0 Å². The molecule has 1 aliphatic rings. The molecule has 0 radical (unpaired) electrons. The van der Waals surface area contributed by atoms with Crippen molar-refractivity contribution in [1.82, 2.24) is 9.80 Å². The molecule has 1 atom stereocenters. The summed E-state index contributed by atoms with van der Waals surface area (Å²) in [6.45, 7) is 7.32. The minimum absolute atomic E-state index is 0.0190. The Kier molecular flexibility index (Phi) is 6.45. The molecule has 2 amide bonds. The van der Waals surface area contributed by atoms with E-state index in [4.69, 9.17) is 9.47 Å². The highest BCUT2D eigenvalue weighted by Gasteiger charge is 2.37. The van der Waals surface area contributed by atoms with Gasteiger partial charge in [-0.05, 0) is 40.0 Å². The van der Waals surface area contributed by atoms with Crippen LogP contribution < -0.4 is 0 Å². The first-order valence-corrected chi connectivity index (χ1v) is 7.50. The zero-order valence-electron chi connectivity index (χ0n) is 13.8. The topological polar surface area (TPSA) is 59.1 Å². The Morgan fingerprint density at radius 2 is 2.00 bits per heavy atom. The van der Waals surface area contributed by atoms with E-state index in [1.54, 1.807) is 24.0 Å². The largest absolute Gasteiger partial charge is 0.444 e. The average Bonchev–Trinajstić information content (AvgIpc) is 2.85. The van der Waals surface area contributed by atoms with Gasteiger partial charge in [0.25, 0.3) is 0 Å². The van der Waals surface area contributed by atoms with Crippen molar-refractivity contribution in [2.75, 3.05) is 33.9 Å². The van der Waals surface area contributed by atoms with E-state index < -0.39 is 17.7 Å². The summed E-state index contributed by atoms with van der Waals surface area (Å²) in [6.07, 6.45) is 1.93. The van der Waals surface area contributed by atoms with Crippen molar-refractivity contribution < 1.29 is 19.1 Å². The van der Waals surface area contributed by atoms with Crippen molar-refractivity contribution in [2.24, 2.45) is 0 Å². The van der Waals surface area contributed by atoms with E-state index in [0.717, 1.165) is 12.8 Å². The standard InChI is InChI=1S/C15H28N2O4/c1-15(2,3)21-14(19)17-10-6-8-12(17)13(18)16(4)9-7-11-20-5/h12H,6-11H2,1-5H3. The third kappa shape index (κ3) is 5.53. The molecular formula is C15H28N2O4. The molecule has 0 aliphatic carbocycles. The molecule has 1 fully saturated rings. The fourth-order valence-electron chi connectivity index (χ4n) is 2.37. The Hall–Kier alpha value is -1.30. The predicted octanol–water partition coefficient (Wildman–Crippen LogP) is 1.88. The van der Waals surface area contributed by atoms with Crippen molar-refractivity contribution in [2.45, 2.75) is 51.7 Å². The van der Waals surface area contributed by atoms with Crippen molar-refractivity contribution in [3.8, 4) is 0 Å². The maximum Gasteiger partial charge on any atom is 0.410 e. The summed E-state index contributed by atoms with van der Waals surface area (Å²) in [6, 6.07) is -0.396. The normalized spacial score (nSPS) is 18.7. The molecule has 0 bridgehead atoms. The van der Waals surface area contributed by atoms with Gasteiger partial charge in [-0.2, -0.15) is 0 Å². The molecule has 1 rings (SSSR count). The van der Waals surface area contributed by atoms with Crippen LogP contribution in [0.5, 0.6) is 0 Å². The molecule has 122 valence electrons. The van der Waals surface area contributed by atoms with E-state index in [-0.39, 0.29) is 5.91 Å². The highest BCUT2D eigenvalue weighted by molar-refractivity contribution is 5.86. The van der Waals surface area contributed by atoms with E-state index in [2.05, 4.69) is 0 Å². The van der Waals surface area contributed by atoms with Crippen LogP contribution in [0, 0.1) is 0 Å². The number of carbonyl (C=O) groups excluding carboxylic acids is 2. The molecule has 1 heterocycles. The highest BCUT2D eigenvalue weighted by Crippen LogP contribution is 2.22. The molecule has 1 saturated heterocycles. The van der Waals surface area contributed by atoms with E-state index in [1.165, 1.54) is 0 Å². The summed E-state index contributed by atoms with van der Waals surface area (Å²) in [7, 11) is 3.41. The molecule has 6 heteroatoms.